The number of likely N-dealkylation sites (tertiary alicyclic amines) is 1. The highest BCUT2D eigenvalue weighted by molar-refractivity contribution is 6.07. The standard InChI is InChI=1S/C28H40N5O/c1-20-6-8-22(9-7-20)17-30-28(34)25-16-27(31-26-5-3-2-4-24(25)26)33-14-11-21(12-15-33)10-13-32-18-23(29)19-32/h2-5,16,20-23H,1,6-15,17-19,29H2,(H,30,34)/t20-,22-. The minimum atomic E-state index is 0.0271. The molecule has 1 aliphatic carbocycles. The Hall–Kier alpha value is -2.18. The number of nitrogens with zero attached hydrogens (tertiary/aromatic N) is 3. The second kappa shape index (κ2) is 10.6. The molecule has 0 spiro atoms. The summed E-state index contributed by atoms with van der Waals surface area (Å²) in [7, 11) is 0. The van der Waals surface area contributed by atoms with Gasteiger partial charge in [0.05, 0.1) is 11.1 Å². The molecular formula is C28H40N5O. The van der Waals surface area contributed by atoms with Crippen LogP contribution < -0.4 is 16.0 Å². The number of piperidine rings is 1. The van der Waals surface area contributed by atoms with Crippen LogP contribution in [0.3, 0.4) is 0 Å². The van der Waals surface area contributed by atoms with Gasteiger partial charge in [-0.05, 0) is 68.5 Å². The molecule has 6 nitrogen and oxygen atoms in total. The van der Waals surface area contributed by atoms with E-state index >= 15 is 0 Å². The second-order valence-corrected chi connectivity index (χ2v) is 10.9. The highest BCUT2D eigenvalue weighted by Crippen LogP contribution is 2.30. The number of nitrogens with one attached hydrogen (secondary N) is 1. The number of carbonyl (C=O) groups excluding carboxylic acids is 1. The molecule has 6 heteroatoms. The van der Waals surface area contributed by atoms with E-state index in [2.05, 4.69) is 22.0 Å². The maximum Gasteiger partial charge on any atom is 0.252 e. The molecule has 2 aliphatic heterocycles. The Balaban J connectivity index is 1.22. The third-order valence-corrected chi connectivity index (χ3v) is 8.24. The molecule has 3 N–H and O–H groups in total. The van der Waals surface area contributed by atoms with Gasteiger partial charge in [0.2, 0.25) is 0 Å². The lowest BCUT2D eigenvalue weighted by atomic mass is 9.83. The van der Waals surface area contributed by atoms with Gasteiger partial charge in [0.25, 0.3) is 5.91 Å². The molecule has 1 aromatic carbocycles. The summed E-state index contributed by atoms with van der Waals surface area (Å²) in [5.74, 6) is 2.88. The molecule has 5 rings (SSSR count). The highest BCUT2D eigenvalue weighted by atomic mass is 16.1. The van der Waals surface area contributed by atoms with Gasteiger partial charge in [-0.1, -0.05) is 38.0 Å². The summed E-state index contributed by atoms with van der Waals surface area (Å²) in [5, 5.41) is 4.17. The molecule has 2 saturated heterocycles. The van der Waals surface area contributed by atoms with Gasteiger partial charge in [-0.3, -0.25) is 4.79 Å². The van der Waals surface area contributed by atoms with Crippen LogP contribution in [0, 0.1) is 24.7 Å². The Kier molecular flexibility index (Phi) is 7.35. The maximum absolute atomic E-state index is 13.3. The first-order valence-corrected chi connectivity index (χ1v) is 13.3. The van der Waals surface area contributed by atoms with Crippen LogP contribution in [0.5, 0.6) is 0 Å². The minimum absolute atomic E-state index is 0.0271. The Morgan fingerprint density at radius 1 is 1.06 bits per heavy atom. The molecule has 1 radical (unpaired) electrons. The zero-order chi connectivity index (χ0) is 23.5. The van der Waals surface area contributed by atoms with Crippen molar-refractivity contribution in [2.24, 2.45) is 23.5 Å². The fourth-order valence-corrected chi connectivity index (χ4v) is 5.89. The van der Waals surface area contributed by atoms with Crippen LogP contribution in [0.1, 0.15) is 55.3 Å². The number of benzene rings is 1. The molecule has 183 valence electrons. The summed E-state index contributed by atoms with van der Waals surface area (Å²) in [5.41, 5.74) is 7.56. The fraction of sp³-hybridized carbons (Fsp3) is 0.607. The predicted molar refractivity (Wildman–Crippen MR) is 139 cm³/mol. The Bertz CT molecular complexity index is 972. The zero-order valence-electron chi connectivity index (χ0n) is 20.4. The van der Waals surface area contributed by atoms with Crippen LogP contribution in [0.4, 0.5) is 5.82 Å². The number of para-hydroxylation sites is 1. The summed E-state index contributed by atoms with van der Waals surface area (Å²) in [4.78, 5) is 23.1. The summed E-state index contributed by atoms with van der Waals surface area (Å²) in [6.07, 6.45) is 8.30. The largest absolute Gasteiger partial charge is 0.357 e. The van der Waals surface area contributed by atoms with E-state index in [0.29, 0.717) is 17.9 Å². The van der Waals surface area contributed by atoms with Crippen LogP contribution in [-0.4, -0.2) is 61.1 Å². The van der Waals surface area contributed by atoms with Crippen molar-refractivity contribution in [1.29, 1.82) is 0 Å². The summed E-state index contributed by atoms with van der Waals surface area (Å²) >= 11 is 0. The van der Waals surface area contributed by atoms with Crippen molar-refractivity contribution in [1.82, 2.24) is 15.2 Å². The Morgan fingerprint density at radius 2 is 1.79 bits per heavy atom. The van der Waals surface area contributed by atoms with E-state index < -0.39 is 0 Å². The first-order valence-electron chi connectivity index (χ1n) is 13.3. The van der Waals surface area contributed by atoms with Crippen molar-refractivity contribution in [3.05, 3.63) is 42.8 Å². The molecule has 1 aromatic heterocycles. The van der Waals surface area contributed by atoms with Crippen molar-refractivity contribution in [2.45, 2.75) is 51.0 Å². The highest BCUT2D eigenvalue weighted by Gasteiger charge is 2.26. The molecular weight excluding hydrogens is 422 g/mol. The third kappa shape index (κ3) is 5.55. The number of anilines is 1. The fourth-order valence-electron chi connectivity index (χ4n) is 5.89. The van der Waals surface area contributed by atoms with Crippen molar-refractivity contribution < 1.29 is 4.79 Å². The lowest BCUT2D eigenvalue weighted by Crippen LogP contribution is -2.55. The number of fused-ring (bicyclic) bond motifs is 1. The van der Waals surface area contributed by atoms with Crippen LogP contribution in [0.2, 0.25) is 0 Å². The number of carbonyl (C=O) groups is 1. The summed E-state index contributed by atoms with van der Waals surface area (Å²) < 4.78 is 0. The molecule has 34 heavy (non-hydrogen) atoms. The zero-order valence-corrected chi connectivity index (χ0v) is 20.4. The van der Waals surface area contributed by atoms with Crippen molar-refractivity contribution in [2.75, 3.05) is 44.2 Å². The molecule has 1 saturated carbocycles. The maximum atomic E-state index is 13.3. The Labute approximate surface area is 204 Å². The number of pyridine rings is 1. The average molecular weight is 463 g/mol. The van der Waals surface area contributed by atoms with E-state index in [4.69, 9.17) is 10.7 Å². The summed E-state index contributed by atoms with van der Waals surface area (Å²) in [6.45, 7) is 10.2. The smallest absolute Gasteiger partial charge is 0.252 e. The second-order valence-electron chi connectivity index (χ2n) is 10.9. The van der Waals surface area contributed by atoms with E-state index in [0.717, 1.165) is 73.8 Å². The van der Waals surface area contributed by atoms with Crippen LogP contribution in [0.15, 0.2) is 30.3 Å². The molecule has 0 bridgehead atoms. The van der Waals surface area contributed by atoms with Gasteiger partial charge >= 0.3 is 0 Å². The minimum Gasteiger partial charge on any atom is -0.357 e. The van der Waals surface area contributed by atoms with Gasteiger partial charge < -0.3 is 20.9 Å². The summed E-state index contributed by atoms with van der Waals surface area (Å²) in [6, 6.07) is 10.4. The monoisotopic (exact) mass is 462 g/mol. The number of hydrogen-bond acceptors (Lipinski definition) is 5. The van der Waals surface area contributed by atoms with Crippen LogP contribution >= 0.6 is 0 Å². The van der Waals surface area contributed by atoms with E-state index in [1.807, 2.05) is 30.3 Å². The van der Waals surface area contributed by atoms with Crippen LogP contribution in [-0.2, 0) is 0 Å². The van der Waals surface area contributed by atoms with E-state index in [1.54, 1.807) is 0 Å². The first-order chi connectivity index (χ1) is 16.5. The van der Waals surface area contributed by atoms with Crippen molar-refractivity contribution in [3.8, 4) is 0 Å². The number of aromatic nitrogens is 1. The molecule has 3 fully saturated rings. The third-order valence-electron chi connectivity index (χ3n) is 8.24. The van der Waals surface area contributed by atoms with E-state index in [1.165, 1.54) is 38.6 Å². The molecule has 3 heterocycles. The molecule has 0 unspecified atom stereocenters. The van der Waals surface area contributed by atoms with Crippen molar-refractivity contribution in [3.63, 3.8) is 0 Å². The van der Waals surface area contributed by atoms with E-state index in [9.17, 15) is 4.79 Å². The van der Waals surface area contributed by atoms with Gasteiger partial charge in [0, 0.05) is 44.2 Å². The van der Waals surface area contributed by atoms with Gasteiger partial charge in [-0.2, -0.15) is 0 Å². The SMILES string of the molecule is [CH2][C@H]1CC[C@H](CNC(=O)c2cc(N3CCC(CCN4CC(N)C4)CC3)nc3ccccc23)CC1. The average Bonchev–Trinajstić information content (AvgIpc) is 2.85. The number of amides is 1. The predicted octanol–water partition coefficient (Wildman–Crippen LogP) is 3.85. The van der Waals surface area contributed by atoms with Gasteiger partial charge in [0.1, 0.15) is 5.82 Å². The van der Waals surface area contributed by atoms with Crippen molar-refractivity contribution >= 4 is 22.6 Å². The molecule has 0 atom stereocenters. The number of hydrogen-bond donors (Lipinski definition) is 2. The van der Waals surface area contributed by atoms with Gasteiger partial charge in [0.15, 0.2) is 0 Å². The lowest BCUT2D eigenvalue weighted by Gasteiger charge is -2.39. The Morgan fingerprint density at radius 3 is 2.53 bits per heavy atom. The molecule has 3 aliphatic rings. The molecule has 1 amide bonds. The number of rotatable bonds is 7. The lowest BCUT2D eigenvalue weighted by molar-refractivity contribution is 0.0944. The quantitative estimate of drug-likeness (QED) is 0.654. The number of nitrogens with two attached hydrogens (primary N) is 1. The molecule has 2 aromatic rings. The normalized spacial score (nSPS) is 24.8. The van der Waals surface area contributed by atoms with Gasteiger partial charge in [-0.25, -0.2) is 4.98 Å². The van der Waals surface area contributed by atoms with Gasteiger partial charge in [-0.15, -0.1) is 0 Å². The van der Waals surface area contributed by atoms with E-state index in [-0.39, 0.29) is 5.91 Å². The topological polar surface area (TPSA) is 74.5 Å². The van der Waals surface area contributed by atoms with Crippen LogP contribution in [0.25, 0.3) is 10.9 Å². The first kappa shape index (κ1) is 23.6.